The van der Waals surface area contributed by atoms with Gasteiger partial charge >= 0.3 is 0 Å². The van der Waals surface area contributed by atoms with Crippen molar-refractivity contribution in [2.75, 3.05) is 19.3 Å². The molecule has 4 nitrogen and oxygen atoms in total. The van der Waals surface area contributed by atoms with E-state index in [2.05, 4.69) is 15.6 Å². The number of hydrogen-bond donors (Lipinski definition) is 2. The zero-order chi connectivity index (χ0) is 19.1. The fraction of sp³-hybridized carbons (Fsp3) is 0.632. The van der Waals surface area contributed by atoms with E-state index in [4.69, 9.17) is 0 Å². The van der Waals surface area contributed by atoms with Gasteiger partial charge in [0.1, 0.15) is 11.6 Å². The first-order valence-electron chi connectivity index (χ1n) is 9.23. The lowest BCUT2D eigenvalue weighted by atomic mass is 9.95. The molecule has 1 aliphatic carbocycles. The van der Waals surface area contributed by atoms with Crippen LogP contribution < -0.4 is 10.6 Å². The van der Waals surface area contributed by atoms with Crippen molar-refractivity contribution >= 4 is 16.8 Å². The Balaban J connectivity index is 1.88. The second kappa shape index (κ2) is 10.00. The third kappa shape index (κ3) is 5.76. The van der Waals surface area contributed by atoms with Gasteiger partial charge in [-0.15, -0.1) is 0 Å². The van der Waals surface area contributed by atoms with Gasteiger partial charge in [0.2, 0.25) is 0 Å². The summed E-state index contributed by atoms with van der Waals surface area (Å²) in [6.45, 7) is 4.33. The molecule has 1 saturated carbocycles. The summed E-state index contributed by atoms with van der Waals surface area (Å²) in [5.41, 5.74) is 0.477. The maximum atomic E-state index is 13.9. The highest BCUT2D eigenvalue weighted by molar-refractivity contribution is 7.85. The Kier molecular flexibility index (Phi) is 8.00. The molecule has 0 spiro atoms. The summed E-state index contributed by atoms with van der Waals surface area (Å²) in [4.78, 5) is 4.24. The van der Waals surface area contributed by atoms with Gasteiger partial charge in [0.25, 0.3) is 0 Å². The molecule has 4 unspecified atom stereocenters. The Morgan fingerprint density at radius 1 is 1.38 bits per heavy atom. The lowest BCUT2D eigenvalue weighted by molar-refractivity contribution is 0.413. The Bertz CT molecular complexity index is 654. The molecule has 0 amide bonds. The summed E-state index contributed by atoms with van der Waals surface area (Å²) in [7, 11) is 0.933. The van der Waals surface area contributed by atoms with Gasteiger partial charge in [-0.05, 0) is 30.9 Å². The highest BCUT2D eigenvalue weighted by Gasteiger charge is 2.26. The van der Waals surface area contributed by atoms with Crippen molar-refractivity contribution in [1.29, 1.82) is 0 Å². The molecule has 7 heteroatoms. The molecule has 2 N–H and O–H groups in total. The van der Waals surface area contributed by atoms with E-state index in [1.165, 1.54) is 12.1 Å². The van der Waals surface area contributed by atoms with Crippen LogP contribution in [0.1, 0.15) is 51.0 Å². The van der Waals surface area contributed by atoms with Crippen molar-refractivity contribution in [3.8, 4) is 0 Å². The minimum Gasteiger partial charge on any atom is -0.356 e. The topological polar surface area (TPSA) is 53.5 Å². The average molecular weight is 386 g/mol. The SMILES string of the molecule is CCS(=O)C1CCCC(NC(=NC)NCC(C)c2ccc(F)cc2F)C1. The fourth-order valence-electron chi connectivity index (χ4n) is 3.40. The van der Waals surface area contributed by atoms with Gasteiger partial charge in [-0.3, -0.25) is 9.20 Å². The van der Waals surface area contributed by atoms with Gasteiger partial charge in [-0.1, -0.05) is 26.3 Å². The number of benzene rings is 1. The molecular formula is C19H29F2N3OS. The maximum Gasteiger partial charge on any atom is 0.191 e. The Morgan fingerprint density at radius 2 is 2.15 bits per heavy atom. The molecule has 0 radical (unpaired) electrons. The van der Waals surface area contributed by atoms with Crippen molar-refractivity contribution < 1.29 is 13.0 Å². The van der Waals surface area contributed by atoms with Crippen LogP contribution in [0.4, 0.5) is 8.78 Å². The predicted octanol–water partition coefficient (Wildman–Crippen LogP) is 3.31. The molecule has 0 bridgehead atoms. The van der Waals surface area contributed by atoms with E-state index in [0.717, 1.165) is 31.7 Å². The van der Waals surface area contributed by atoms with Crippen molar-refractivity contribution in [2.24, 2.45) is 4.99 Å². The van der Waals surface area contributed by atoms with Crippen molar-refractivity contribution in [3.05, 3.63) is 35.4 Å². The number of hydrogen-bond acceptors (Lipinski definition) is 2. The second-order valence-corrected chi connectivity index (χ2v) is 8.82. The zero-order valence-electron chi connectivity index (χ0n) is 15.7. The highest BCUT2D eigenvalue weighted by Crippen LogP contribution is 2.23. The van der Waals surface area contributed by atoms with E-state index in [0.29, 0.717) is 23.8 Å². The van der Waals surface area contributed by atoms with E-state index in [-0.39, 0.29) is 17.2 Å². The summed E-state index contributed by atoms with van der Waals surface area (Å²) in [5.74, 6) is 0.137. The van der Waals surface area contributed by atoms with Gasteiger partial charge in [0, 0.05) is 53.4 Å². The van der Waals surface area contributed by atoms with Crippen LogP contribution in [0, 0.1) is 11.6 Å². The fourth-order valence-corrected chi connectivity index (χ4v) is 4.75. The first-order valence-corrected chi connectivity index (χ1v) is 10.6. The number of guanidine groups is 1. The normalized spacial score (nSPS) is 23.3. The van der Waals surface area contributed by atoms with E-state index < -0.39 is 22.4 Å². The molecular weight excluding hydrogens is 356 g/mol. The number of nitrogens with zero attached hydrogens (tertiary/aromatic N) is 1. The van der Waals surface area contributed by atoms with Gasteiger partial charge in [0.15, 0.2) is 5.96 Å². The molecule has 0 aromatic heterocycles. The van der Waals surface area contributed by atoms with E-state index in [1.807, 2.05) is 13.8 Å². The van der Waals surface area contributed by atoms with Crippen molar-refractivity contribution in [3.63, 3.8) is 0 Å². The van der Waals surface area contributed by atoms with Crippen LogP contribution in [0.5, 0.6) is 0 Å². The van der Waals surface area contributed by atoms with Crippen LogP contribution >= 0.6 is 0 Å². The summed E-state index contributed by atoms with van der Waals surface area (Å²) < 4.78 is 39.0. The smallest absolute Gasteiger partial charge is 0.191 e. The van der Waals surface area contributed by atoms with Crippen LogP contribution in [0.25, 0.3) is 0 Å². The Labute approximate surface area is 157 Å². The summed E-state index contributed by atoms with van der Waals surface area (Å²) in [5, 5.41) is 6.86. The second-order valence-electron chi connectivity index (χ2n) is 6.82. The molecule has 1 aromatic rings. The minimum atomic E-state index is -0.764. The summed E-state index contributed by atoms with van der Waals surface area (Å²) in [6.07, 6.45) is 3.98. The van der Waals surface area contributed by atoms with Crippen LogP contribution in [0.3, 0.4) is 0 Å². The minimum absolute atomic E-state index is 0.124. The van der Waals surface area contributed by atoms with Gasteiger partial charge in [-0.25, -0.2) is 8.78 Å². The quantitative estimate of drug-likeness (QED) is 0.583. The van der Waals surface area contributed by atoms with E-state index in [9.17, 15) is 13.0 Å². The largest absolute Gasteiger partial charge is 0.356 e. The van der Waals surface area contributed by atoms with Crippen LogP contribution in [-0.2, 0) is 10.8 Å². The van der Waals surface area contributed by atoms with Crippen molar-refractivity contribution in [1.82, 2.24) is 10.6 Å². The molecule has 1 aromatic carbocycles. The molecule has 4 atom stereocenters. The number of nitrogens with one attached hydrogen (secondary N) is 2. The number of halogens is 2. The maximum absolute atomic E-state index is 13.9. The lowest BCUT2D eigenvalue weighted by Gasteiger charge is -2.30. The lowest BCUT2D eigenvalue weighted by Crippen LogP contribution is -2.47. The van der Waals surface area contributed by atoms with Crippen LogP contribution in [-0.4, -0.2) is 40.8 Å². The highest BCUT2D eigenvalue weighted by atomic mass is 32.2. The standard InChI is InChI=1S/C19H29F2N3OS/c1-4-26(25)16-7-5-6-15(11-16)24-19(22-3)23-12-13(2)17-9-8-14(20)10-18(17)21/h8-10,13,15-16H,4-7,11-12H2,1-3H3,(H2,22,23,24). The molecule has 0 aliphatic heterocycles. The molecule has 0 saturated heterocycles. The monoisotopic (exact) mass is 385 g/mol. The number of rotatable bonds is 6. The summed E-state index contributed by atoms with van der Waals surface area (Å²) >= 11 is 0. The number of aliphatic imine (C=N–C) groups is 1. The Hall–Kier alpha value is -1.50. The Morgan fingerprint density at radius 3 is 2.81 bits per heavy atom. The first kappa shape index (κ1) is 20.8. The molecule has 1 aliphatic rings. The van der Waals surface area contributed by atoms with Gasteiger partial charge < -0.3 is 10.6 Å². The molecule has 2 rings (SSSR count). The zero-order valence-corrected chi connectivity index (χ0v) is 16.5. The van der Waals surface area contributed by atoms with Crippen LogP contribution in [0.2, 0.25) is 0 Å². The molecule has 0 heterocycles. The first-order chi connectivity index (χ1) is 12.4. The molecule has 1 fully saturated rings. The third-order valence-electron chi connectivity index (χ3n) is 4.92. The average Bonchev–Trinajstić information content (AvgIpc) is 2.64. The molecule has 146 valence electrons. The third-order valence-corrected chi connectivity index (χ3v) is 6.66. The van der Waals surface area contributed by atoms with Gasteiger partial charge in [0.05, 0.1) is 0 Å². The van der Waals surface area contributed by atoms with Crippen LogP contribution in [0.15, 0.2) is 23.2 Å². The van der Waals surface area contributed by atoms with E-state index >= 15 is 0 Å². The van der Waals surface area contributed by atoms with Gasteiger partial charge in [-0.2, -0.15) is 0 Å². The van der Waals surface area contributed by atoms with E-state index in [1.54, 1.807) is 7.05 Å². The predicted molar refractivity (Wildman–Crippen MR) is 104 cm³/mol. The van der Waals surface area contributed by atoms with Crippen molar-refractivity contribution in [2.45, 2.75) is 56.7 Å². The molecule has 26 heavy (non-hydrogen) atoms. The summed E-state index contributed by atoms with van der Waals surface area (Å²) in [6, 6.07) is 3.92.